The standard InChI is InChI=1S/C30H31FN6O2/c1-2-28(39)33-24-7-3-5-21(17-24)26-8-4-6-22-19-32-30(35-29(22)26)34-27-10-9-25(18-23(27)20-38)37-15-13-36(12-11-31)14-16-37/h2-10,17-19,38H,1,11-16,20H2,(H,33,39)(H,32,34,35). The summed E-state index contributed by atoms with van der Waals surface area (Å²) in [7, 11) is 0. The second-order valence-electron chi connectivity index (χ2n) is 9.35. The van der Waals surface area contributed by atoms with Crippen molar-refractivity contribution >= 4 is 39.8 Å². The van der Waals surface area contributed by atoms with E-state index in [2.05, 4.69) is 32.0 Å². The van der Waals surface area contributed by atoms with Gasteiger partial charge in [0.05, 0.1) is 12.1 Å². The van der Waals surface area contributed by atoms with Gasteiger partial charge in [0.2, 0.25) is 11.9 Å². The minimum absolute atomic E-state index is 0.139. The van der Waals surface area contributed by atoms with E-state index in [1.807, 2.05) is 60.7 Å². The molecule has 0 spiro atoms. The third-order valence-electron chi connectivity index (χ3n) is 6.88. The first-order chi connectivity index (χ1) is 19.1. The zero-order chi connectivity index (χ0) is 27.2. The number of aliphatic hydroxyl groups is 1. The number of para-hydroxylation sites is 1. The summed E-state index contributed by atoms with van der Waals surface area (Å²) in [5, 5.41) is 17.1. The molecule has 4 aromatic rings. The molecule has 0 bridgehead atoms. The molecule has 1 aliphatic heterocycles. The predicted octanol–water partition coefficient (Wildman–Crippen LogP) is 4.75. The van der Waals surface area contributed by atoms with Gasteiger partial charge in [-0.1, -0.05) is 36.9 Å². The summed E-state index contributed by atoms with van der Waals surface area (Å²) in [5.41, 5.74) is 5.71. The van der Waals surface area contributed by atoms with E-state index < -0.39 is 0 Å². The number of nitrogens with zero attached hydrogens (tertiary/aromatic N) is 4. The van der Waals surface area contributed by atoms with Gasteiger partial charge >= 0.3 is 0 Å². The number of anilines is 4. The van der Waals surface area contributed by atoms with Gasteiger partial charge in [-0.25, -0.2) is 14.4 Å². The molecule has 0 unspecified atom stereocenters. The normalized spacial score (nSPS) is 13.8. The van der Waals surface area contributed by atoms with E-state index in [-0.39, 0.29) is 19.2 Å². The summed E-state index contributed by atoms with van der Waals surface area (Å²) in [6, 6.07) is 19.4. The number of carbonyl (C=O) groups is 1. The SMILES string of the molecule is C=CC(=O)Nc1cccc(-c2cccc3cnc(Nc4ccc(N5CCN(CCF)CC5)cc4CO)nc23)c1. The number of piperazine rings is 1. The molecule has 1 saturated heterocycles. The average Bonchev–Trinajstić information content (AvgIpc) is 2.97. The molecular formula is C30H31FN6O2. The molecule has 39 heavy (non-hydrogen) atoms. The number of nitrogens with one attached hydrogen (secondary N) is 2. The first-order valence-electron chi connectivity index (χ1n) is 12.9. The van der Waals surface area contributed by atoms with Gasteiger partial charge in [-0.05, 0) is 42.0 Å². The fourth-order valence-corrected chi connectivity index (χ4v) is 4.81. The van der Waals surface area contributed by atoms with Gasteiger partial charge in [-0.2, -0.15) is 0 Å². The number of aromatic nitrogens is 2. The Hall–Kier alpha value is -4.34. The van der Waals surface area contributed by atoms with E-state index in [1.165, 1.54) is 6.08 Å². The molecular weight excluding hydrogens is 495 g/mol. The van der Waals surface area contributed by atoms with Crippen LogP contribution in [0.3, 0.4) is 0 Å². The van der Waals surface area contributed by atoms with E-state index in [1.54, 1.807) is 6.20 Å². The Morgan fingerprint density at radius 1 is 1.08 bits per heavy atom. The monoisotopic (exact) mass is 526 g/mol. The van der Waals surface area contributed by atoms with Crippen LogP contribution >= 0.6 is 0 Å². The van der Waals surface area contributed by atoms with Crippen molar-refractivity contribution in [3.05, 3.63) is 85.1 Å². The molecule has 1 aromatic heterocycles. The van der Waals surface area contributed by atoms with Crippen molar-refractivity contribution in [2.75, 3.05) is 54.9 Å². The van der Waals surface area contributed by atoms with Crippen molar-refractivity contribution in [2.24, 2.45) is 0 Å². The maximum absolute atomic E-state index is 12.7. The van der Waals surface area contributed by atoms with E-state index in [0.717, 1.165) is 65.1 Å². The van der Waals surface area contributed by atoms with Crippen LogP contribution in [0.15, 0.2) is 79.5 Å². The lowest BCUT2D eigenvalue weighted by Crippen LogP contribution is -2.47. The zero-order valence-electron chi connectivity index (χ0n) is 21.6. The van der Waals surface area contributed by atoms with E-state index in [0.29, 0.717) is 18.2 Å². The van der Waals surface area contributed by atoms with Gasteiger partial charge in [-0.3, -0.25) is 9.69 Å². The molecule has 0 atom stereocenters. The summed E-state index contributed by atoms with van der Waals surface area (Å²) in [6.45, 7) is 6.77. The van der Waals surface area contributed by atoms with Gasteiger partial charge in [0, 0.05) is 72.5 Å². The molecule has 0 saturated carbocycles. The number of halogens is 1. The minimum Gasteiger partial charge on any atom is -0.392 e. The molecule has 9 heteroatoms. The Balaban J connectivity index is 1.40. The largest absolute Gasteiger partial charge is 0.392 e. The minimum atomic E-state index is -0.326. The Morgan fingerprint density at radius 3 is 2.67 bits per heavy atom. The lowest BCUT2D eigenvalue weighted by Gasteiger charge is -2.36. The van der Waals surface area contributed by atoms with Crippen LogP contribution in [-0.4, -0.2) is 65.3 Å². The number of rotatable bonds is 9. The average molecular weight is 527 g/mol. The second kappa shape index (κ2) is 12.0. The first-order valence-corrected chi connectivity index (χ1v) is 12.9. The van der Waals surface area contributed by atoms with Crippen molar-refractivity contribution in [1.82, 2.24) is 14.9 Å². The Bertz CT molecular complexity index is 1490. The van der Waals surface area contributed by atoms with Gasteiger partial charge in [-0.15, -0.1) is 0 Å². The number of hydrogen-bond acceptors (Lipinski definition) is 7. The van der Waals surface area contributed by atoms with E-state index in [9.17, 15) is 14.3 Å². The van der Waals surface area contributed by atoms with Gasteiger partial charge in [0.1, 0.15) is 6.67 Å². The molecule has 3 aromatic carbocycles. The summed E-state index contributed by atoms with van der Waals surface area (Å²) >= 11 is 0. The molecule has 1 fully saturated rings. The third-order valence-corrected chi connectivity index (χ3v) is 6.88. The maximum atomic E-state index is 12.7. The number of alkyl halides is 1. The van der Waals surface area contributed by atoms with Crippen LogP contribution in [0.2, 0.25) is 0 Å². The van der Waals surface area contributed by atoms with Gasteiger partial charge < -0.3 is 20.6 Å². The summed E-state index contributed by atoms with van der Waals surface area (Å²) in [5.74, 6) is 0.136. The van der Waals surface area contributed by atoms with Crippen molar-refractivity contribution in [2.45, 2.75) is 6.61 Å². The highest BCUT2D eigenvalue weighted by Crippen LogP contribution is 2.31. The topological polar surface area (TPSA) is 93.6 Å². The van der Waals surface area contributed by atoms with Crippen LogP contribution in [0.4, 0.5) is 27.4 Å². The van der Waals surface area contributed by atoms with Gasteiger partial charge in [0.15, 0.2) is 0 Å². The lowest BCUT2D eigenvalue weighted by atomic mass is 10.0. The highest BCUT2D eigenvalue weighted by molar-refractivity contribution is 6.00. The third kappa shape index (κ3) is 6.05. The fourth-order valence-electron chi connectivity index (χ4n) is 4.81. The van der Waals surface area contributed by atoms with E-state index >= 15 is 0 Å². The lowest BCUT2D eigenvalue weighted by molar-refractivity contribution is -0.111. The van der Waals surface area contributed by atoms with Crippen LogP contribution in [0.5, 0.6) is 0 Å². The van der Waals surface area contributed by atoms with Crippen LogP contribution in [0.1, 0.15) is 5.56 Å². The van der Waals surface area contributed by atoms with Crippen molar-refractivity contribution in [1.29, 1.82) is 0 Å². The summed E-state index contributed by atoms with van der Waals surface area (Å²) in [6.07, 6.45) is 3.00. The summed E-state index contributed by atoms with van der Waals surface area (Å²) in [4.78, 5) is 25.5. The maximum Gasteiger partial charge on any atom is 0.247 e. The molecule has 200 valence electrons. The number of fused-ring (bicyclic) bond motifs is 1. The zero-order valence-corrected chi connectivity index (χ0v) is 21.6. The molecule has 8 nitrogen and oxygen atoms in total. The smallest absolute Gasteiger partial charge is 0.247 e. The van der Waals surface area contributed by atoms with Crippen molar-refractivity contribution in [3.8, 4) is 11.1 Å². The van der Waals surface area contributed by atoms with Crippen molar-refractivity contribution in [3.63, 3.8) is 0 Å². The Labute approximate surface area is 226 Å². The number of hydrogen-bond donors (Lipinski definition) is 3. The number of carbonyl (C=O) groups excluding carboxylic acids is 1. The Kier molecular flexibility index (Phi) is 8.10. The molecule has 1 amide bonds. The number of amides is 1. The summed E-state index contributed by atoms with van der Waals surface area (Å²) < 4.78 is 12.7. The molecule has 3 N–H and O–H groups in total. The van der Waals surface area contributed by atoms with Crippen LogP contribution in [0, 0.1) is 0 Å². The van der Waals surface area contributed by atoms with Gasteiger partial charge in [0.25, 0.3) is 0 Å². The number of aliphatic hydroxyl groups excluding tert-OH is 1. The molecule has 5 rings (SSSR count). The molecule has 2 heterocycles. The van der Waals surface area contributed by atoms with E-state index in [4.69, 9.17) is 4.98 Å². The highest BCUT2D eigenvalue weighted by atomic mass is 19.1. The van der Waals surface area contributed by atoms with Crippen LogP contribution in [0.25, 0.3) is 22.0 Å². The molecule has 1 aliphatic rings. The highest BCUT2D eigenvalue weighted by Gasteiger charge is 2.18. The van der Waals surface area contributed by atoms with Crippen molar-refractivity contribution < 1.29 is 14.3 Å². The second-order valence-corrected chi connectivity index (χ2v) is 9.35. The fraction of sp³-hybridized carbons (Fsp3) is 0.233. The molecule has 0 radical (unpaired) electrons. The first kappa shape index (κ1) is 26.3. The Morgan fingerprint density at radius 2 is 1.90 bits per heavy atom. The quantitative estimate of drug-likeness (QED) is 0.271. The number of benzene rings is 3. The molecule has 0 aliphatic carbocycles. The predicted molar refractivity (Wildman–Crippen MR) is 154 cm³/mol. The van der Waals surface area contributed by atoms with Crippen LogP contribution in [-0.2, 0) is 11.4 Å². The van der Waals surface area contributed by atoms with Crippen LogP contribution < -0.4 is 15.5 Å².